The average Bonchev–Trinajstić information content (AvgIpc) is 2.44. The minimum absolute atomic E-state index is 0.000440. The van der Waals surface area contributed by atoms with Crippen molar-refractivity contribution in [2.45, 2.75) is 39.8 Å². The van der Waals surface area contributed by atoms with Crippen molar-refractivity contribution in [2.75, 3.05) is 6.54 Å². The maximum atomic E-state index is 12.4. The summed E-state index contributed by atoms with van der Waals surface area (Å²) in [7, 11) is 0. The standard InChI is InChI=1S/C15H21N3O2/c1-4-10(2)14-15(20)18(9-13(19)17-14)8-12-6-5-11(3)16-7-12/h5-7,10,14H,4,8-9H2,1-3H3,(H,17,19). The average molecular weight is 275 g/mol. The van der Waals surface area contributed by atoms with Crippen LogP contribution in [0, 0.1) is 12.8 Å². The fraction of sp³-hybridized carbons (Fsp3) is 0.533. The highest BCUT2D eigenvalue weighted by molar-refractivity contribution is 5.94. The number of piperazine rings is 1. The van der Waals surface area contributed by atoms with Crippen LogP contribution < -0.4 is 5.32 Å². The molecule has 108 valence electrons. The van der Waals surface area contributed by atoms with Gasteiger partial charge in [0.2, 0.25) is 11.8 Å². The molecular formula is C15H21N3O2. The third kappa shape index (κ3) is 3.15. The van der Waals surface area contributed by atoms with E-state index in [4.69, 9.17) is 0 Å². The van der Waals surface area contributed by atoms with Crippen molar-refractivity contribution < 1.29 is 9.59 Å². The lowest BCUT2D eigenvalue weighted by Crippen LogP contribution is -2.59. The second-order valence-electron chi connectivity index (χ2n) is 5.43. The molecule has 0 aromatic carbocycles. The van der Waals surface area contributed by atoms with E-state index in [0.717, 1.165) is 17.7 Å². The summed E-state index contributed by atoms with van der Waals surface area (Å²) >= 11 is 0. The molecule has 1 aliphatic rings. The van der Waals surface area contributed by atoms with Gasteiger partial charge in [0.1, 0.15) is 6.04 Å². The fourth-order valence-electron chi connectivity index (χ4n) is 2.30. The number of aromatic nitrogens is 1. The number of rotatable bonds is 4. The van der Waals surface area contributed by atoms with Gasteiger partial charge in [-0.3, -0.25) is 14.6 Å². The third-order valence-electron chi connectivity index (χ3n) is 3.79. The molecule has 2 rings (SSSR count). The molecule has 20 heavy (non-hydrogen) atoms. The van der Waals surface area contributed by atoms with E-state index in [2.05, 4.69) is 10.3 Å². The molecule has 1 aromatic heterocycles. The Morgan fingerprint density at radius 1 is 1.45 bits per heavy atom. The van der Waals surface area contributed by atoms with Crippen LogP contribution in [0.25, 0.3) is 0 Å². The van der Waals surface area contributed by atoms with E-state index in [1.54, 1.807) is 11.1 Å². The van der Waals surface area contributed by atoms with E-state index < -0.39 is 6.04 Å². The third-order valence-corrected chi connectivity index (χ3v) is 3.79. The Balaban J connectivity index is 2.11. The summed E-state index contributed by atoms with van der Waals surface area (Å²) in [6.45, 7) is 6.49. The van der Waals surface area contributed by atoms with Crippen molar-refractivity contribution in [3.05, 3.63) is 29.6 Å². The molecule has 0 radical (unpaired) electrons. The minimum atomic E-state index is -0.403. The highest BCUT2D eigenvalue weighted by Gasteiger charge is 2.35. The number of amides is 2. The number of hydrogen-bond acceptors (Lipinski definition) is 3. The summed E-state index contributed by atoms with van der Waals surface area (Å²) in [4.78, 5) is 30.0. The van der Waals surface area contributed by atoms with Gasteiger partial charge in [0.15, 0.2) is 0 Å². The molecule has 1 aromatic rings. The zero-order chi connectivity index (χ0) is 14.7. The molecule has 0 spiro atoms. The predicted molar refractivity (Wildman–Crippen MR) is 75.8 cm³/mol. The molecule has 0 bridgehead atoms. The fourth-order valence-corrected chi connectivity index (χ4v) is 2.30. The number of nitrogens with one attached hydrogen (secondary N) is 1. The van der Waals surface area contributed by atoms with Crippen molar-refractivity contribution in [3.8, 4) is 0 Å². The van der Waals surface area contributed by atoms with Crippen LogP contribution in [0.4, 0.5) is 0 Å². The van der Waals surface area contributed by atoms with Gasteiger partial charge in [0, 0.05) is 18.4 Å². The van der Waals surface area contributed by atoms with Gasteiger partial charge < -0.3 is 10.2 Å². The summed E-state index contributed by atoms with van der Waals surface area (Å²) in [6, 6.07) is 3.45. The van der Waals surface area contributed by atoms with E-state index in [-0.39, 0.29) is 24.3 Å². The number of pyridine rings is 1. The minimum Gasteiger partial charge on any atom is -0.342 e. The zero-order valence-electron chi connectivity index (χ0n) is 12.2. The molecule has 5 heteroatoms. The summed E-state index contributed by atoms with van der Waals surface area (Å²) in [5.41, 5.74) is 1.88. The lowest BCUT2D eigenvalue weighted by Gasteiger charge is -2.35. The molecule has 2 heterocycles. The maximum absolute atomic E-state index is 12.4. The Morgan fingerprint density at radius 2 is 2.20 bits per heavy atom. The normalized spacial score (nSPS) is 20.8. The van der Waals surface area contributed by atoms with E-state index in [1.807, 2.05) is 32.9 Å². The maximum Gasteiger partial charge on any atom is 0.246 e. The zero-order valence-corrected chi connectivity index (χ0v) is 12.2. The predicted octanol–water partition coefficient (Wildman–Crippen LogP) is 1.26. The highest BCUT2D eigenvalue weighted by atomic mass is 16.2. The lowest BCUT2D eigenvalue weighted by atomic mass is 9.96. The lowest BCUT2D eigenvalue weighted by molar-refractivity contribution is -0.146. The smallest absolute Gasteiger partial charge is 0.246 e. The second-order valence-corrected chi connectivity index (χ2v) is 5.43. The van der Waals surface area contributed by atoms with Crippen molar-refractivity contribution in [1.29, 1.82) is 0 Å². The topological polar surface area (TPSA) is 62.3 Å². The monoisotopic (exact) mass is 275 g/mol. The summed E-state index contributed by atoms with van der Waals surface area (Å²) in [5.74, 6) is 0.0555. The van der Waals surface area contributed by atoms with Gasteiger partial charge in [0.25, 0.3) is 0 Å². The molecular weight excluding hydrogens is 254 g/mol. The number of hydrogen-bond donors (Lipinski definition) is 1. The van der Waals surface area contributed by atoms with Gasteiger partial charge in [-0.2, -0.15) is 0 Å². The SMILES string of the molecule is CCC(C)C1NC(=O)CN(Cc2ccc(C)nc2)C1=O. The molecule has 1 fully saturated rings. The quantitative estimate of drug-likeness (QED) is 0.900. The Labute approximate surface area is 119 Å². The van der Waals surface area contributed by atoms with Crippen LogP contribution in [0.1, 0.15) is 31.5 Å². The number of carbonyl (C=O) groups excluding carboxylic acids is 2. The summed E-state index contributed by atoms with van der Waals surface area (Å²) < 4.78 is 0. The first-order valence-corrected chi connectivity index (χ1v) is 7.01. The van der Waals surface area contributed by atoms with Crippen molar-refractivity contribution in [1.82, 2.24) is 15.2 Å². The Hall–Kier alpha value is -1.91. The largest absolute Gasteiger partial charge is 0.342 e. The van der Waals surface area contributed by atoms with E-state index in [0.29, 0.717) is 6.54 Å². The van der Waals surface area contributed by atoms with Gasteiger partial charge in [-0.05, 0) is 24.5 Å². The van der Waals surface area contributed by atoms with Gasteiger partial charge >= 0.3 is 0 Å². The van der Waals surface area contributed by atoms with Crippen LogP contribution in [0.2, 0.25) is 0 Å². The van der Waals surface area contributed by atoms with Gasteiger partial charge in [0.05, 0.1) is 6.54 Å². The van der Waals surface area contributed by atoms with Gasteiger partial charge in [-0.15, -0.1) is 0 Å². The second kappa shape index (κ2) is 6.03. The first kappa shape index (κ1) is 14.5. The van der Waals surface area contributed by atoms with E-state index in [1.165, 1.54) is 0 Å². The molecule has 0 saturated carbocycles. The van der Waals surface area contributed by atoms with Crippen molar-refractivity contribution in [2.24, 2.45) is 5.92 Å². The molecule has 2 atom stereocenters. The Kier molecular flexibility index (Phi) is 4.37. The number of carbonyl (C=O) groups is 2. The molecule has 1 saturated heterocycles. The van der Waals surface area contributed by atoms with Crippen LogP contribution >= 0.6 is 0 Å². The van der Waals surface area contributed by atoms with E-state index >= 15 is 0 Å². The number of nitrogens with zero attached hydrogens (tertiary/aromatic N) is 2. The molecule has 2 unspecified atom stereocenters. The molecule has 5 nitrogen and oxygen atoms in total. The first-order chi connectivity index (χ1) is 9.51. The molecule has 1 N–H and O–H groups in total. The molecule has 0 aliphatic carbocycles. The van der Waals surface area contributed by atoms with Crippen LogP contribution in [0.15, 0.2) is 18.3 Å². The first-order valence-electron chi connectivity index (χ1n) is 7.01. The van der Waals surface area contributed by atoms with Crippen molar-refractivity contribution >= 4 is 11.8 Å². The Bertz CT molecular complexity index is 498. The summed E-state index contributed by atoms with van der Waals surface area (Å²) in [6.07, 6.45) is 2.62. The van der Waals surface area contributed by atoms with Crippen LogP contribution in [-0.4, -0.2) is 34.3 Å². The van der Waals surface area contributed by atoms with Crippen molar-refractivity contribution in [3.63, 3.8) is 0 Å². The Morgan fingerprint density at radius 3 is 2.80 bits per heavy atom. The molecule has 1 aliphatic heterocycles. The molecule has 2 amide bonds. The van der Waals surface area contributed by atoms with E-state index in [9.17, 15) is 9.59 Å². The highest BCUT2D eigenvalue weighted by Crippen LogP contribution is 2.16. The van der Waals surface area contributed by atoms with Gasteiger partial charge in [-0.1, -0.05) is 26.3 Å². The van der Waals surface area contributed by atoms with Crippen LogP contribution in [-0.2, 0) is 16.1 Å². The summed E-state index contributed by atoms with van der Waals surface area (Å²) in [5, 5.41) is 2.80. The van der Waals surface area contributed by atoms with Crippen LogP contribution in [0.3, 0.4) is 0 Å². The number of aryl methyl sites for hydroxylation is 1. The van der Waals surface area contributed by atoms with Gasteiger partial charge in [-0.25, -0.2) is 0 Å². The van der Waals surface area contributed by atoms with Crippen LogP contribution in [0.5, 0.6) is 0 Å².